The van der Waals surface area contributed by atoms with Gasteiger partial charge in [0, 0.05) is 32.0 Å². The summed E-state index contributed by atoms with van der Waals surface area (Å²) in [7, 11) is 0. The topological polar surface area (TPSA) is 51.2 Å². The summed E-state index contributed by atoms with van der Waals surface area (Å²) in [6.45, 7) is 6.23. The molecule has 5 nitrogen and oxygen atoms in total. The van der Waals surface area contributed by atoms with Gasteiger partial charge in [-0.3, -0.25) is 4.90 Å². The average molecular weight is 285 g/mol. The molecule has 0 aromatic carbocycles. The van der Waals surface area contributed by atoms with Gasteiger partial charge in [0.25, 0.3) is 0 Å². The van der Waals surface area contributed by atoms with Crippen molar-refractivity contribution >= 4 is 0 Å². The van der Waals surface area contributed by atoms with Crippen LogP contribution in [-0.4, -0.2) is 67.0 Å². The molecule has 2 heterocycles. The molecule has 0 aromatic rings. The van der Waals surface area contributed by atoms with E-state index in [2.05, 4.69) is 11.8 Å². The SMILES string of the molecule is CCN(CC1CCCO1)C1CC2(CCC1O)OCCO2. The highest BCUT2D eigenvalue weighted by atomic mass is 16.7. The third-order valence-electron chi connectivity index (χ3n) is 4.94. The molecule has 0 aromatic heterocycles. The molecule has 20 heavy (non-hydrogen) atoms. The van der Waals surface area contributed by atoms with Gasteiger partial charge in [-0.15, -0.1) is 0 Å². The Balaban J connectivity index is 1.64. The quantitative estimate of drug-likeness (QED) is 0.839. The summed E-state index contributed by atoms with van der Waals surface area (Å²) in [5, 5.41) is 10.4. The van der Waals surface area contributed by atoms with E-state index in [-0.39, 0.29) is 12.1 Å². The van der Waals surface area contributed by atoms with Gasteiger partial charge in [-0.05, 0) is 25.8 Å². The molecule has 2 saturated heterocycles. The van der Waals surface area contributed by atoms with E-state index in [1.165, 1.54) is 0 Å². The first-order valence-electron chi connectivity index (χ1n) is 8.04. The number of likely N-dealkylation sites (N-methyl/N-ethyl adjacent to an activating group) is 1. The van der Waals surface area contributed by atoms with Gasteiger partial charge in [-0.1, -0.05) is 6.92 Å². The van der Waals surface area contributed by atoms with Gasteiger partial charge in [0.2, 0.25) is 0 Å². The highest BCUT2D eigenvalue weighted by Gasteiger charge is 2.46. The van der Waals surface area contributed by atoms with Crippen LogP contribution < -0.4 is 0 Å². The van der Waals surface area contributed by atoms with Crippen LogP contribution in [0.4, 0.5) is 0 Å². The van der Waals surface area contributed by atoms with E-state index in [0.29, 0.717) is 19.3 Å². The number of ether oxygens (including phenoxy) is 3. The lowest BCUT2D eigenvalue weighted by Crippen LogP contribution is -2.54. The number of aliphatic hydroxyl groups is 1. The van der Waals surface area contributed by atoms with Crippen molar-refractivity contribution in [3.8, 4) is 0 Å². The molecule has 3 rings (SSSR count). The van der Waals surface area contributed by atoms with E-state index in [0.717, 1.165) is 51.8 Å². The fourth-order valence-corrected chi connectivity index (χ4v) is 3.80. The van der Waals surface area contributed by atoms with Gasteiger partial charge < -0.3 is 19.3 Å². The molecule has 3 aliphatic rings. The molecule has 1 aliphatic carbocycles. The van der Waals surface area contributed by atoms with Crippen molar-refractivity contribution in [2.45, 2.75) is 63.1 Å². The van der Waals surface area contributed by atoms with Gasteiger partial charge in [-0.2, -0.15) is 0 Å². The van der Waals surface area contributed by atoms with Crippen molar-refractivity contribution < 1.29 is 19.3 Å². The molecule has 0 radical (unpaired) electrons. The molecule has 1 spiro atoms. The van der Waals surface area contributed by atoms with Gasteiger partial charge >= 0.3 is 0 Å². The van der Waals surface area contributed by atoms with Crippen molar-refractivity contribution in [2.24, 2.45) is 0 Å². The molecule has 3 atom stereocenters. The fourth-order valence-electron chi connectivity index (χ4n) is 3.80. The predicted molar refractivity (Wildman–Crippen MR) is 74.5 cm³/mol. The maximum Gasteiger partial charge on any atom is 0.170 e. The Kier molecular flexibility index (Phi) is 4.62. The lowest BCUT2D eigenvalue weighted by molar-refractivity contribution is -0.206. The molecule has 0 amide bonds. The number of aliphatic hydroxyl groups excluding tert-OH is 1. The molecule has 3 unspecified atom stereocenters. The Morgan fingerprint density at radius 2 is 2.00 bits per heavy atom. The molecular formula is C15H27NO4. The summed E-state index contributed by atoms with van der Waals surface area (Å²) in [5.41, 5.74) is 0. The maximum absolute atomic E-state index is 10.4. The lowest BCUT2D eigenvalue weighted by Gasteiger charge is -2.44. The molecule has 2 aliphatic heterocycles. The number of rotatable bonds is 4. The summed E-state index contributed by atoms with van der Waals surface area (Å²) in [6.07, 6.45) is 4.67. The van der Waals surface area contributed by atoms with Crippen LogP contribution in [0.2, 0.25) is 0 Å². The fraction of sp³-hybridized carbons (Fsp3) is 1.00. The van der Waals surface area contributed by atoms with E-state index in [4.69, 9.17) is 14.2 Å². The van der Waals surface area contributed by atoms with Crippen molar-refractivity contribution in [2.75, 3.05) is 32.9 Å². The maximum atomic E-state index is 10.4. The Hall–Kier alpha value is -0.200. The minimum Gasteiger partial charge on any atom is -0.391 e. The molecule has 1 N–H and O–H groups in total. The Morgan fingerprint density at radius 3 is 2.65 bits per heavy atom. The van der Waals surface area contributed by atoms with Crippen LogP contribution in [0.25, 0.3) is 0 Å². The lowest BCUT2D eigenvalue weighted by atomic mass is 9.86. The smallest absolute Gasteiger partial charge is 0.170 e. The number of hydrogen-bond donors (Lipinski definition) is 1. The molecular weight excluding hydrogens is 258 g/mol. The molecule has 5 heteroatoms. The van der Waals surface area contributed by atoms with Crippen molar-refractivity contribution in [1.29, 1.82) is 0 Å². The van der Waals surface area contributed by atoms with Crippen LogP contribution in [0.1, 0.15) is 39.0 Å². The molecule has 0 bridgehead atoms. The largest absolute Gasteiger partial charge is 0.391 e. The zero-order chi connectivity index (χ0) is 14.0. The van der Waals surface area contributed by atoms with E-state index in [1.54, 1.807) is 0 Å². The van der Waals surface area contributed by atoms with E-state index < -0.39 is 5.79 Å². The van der Waals surface area contributed by atoms with Gasteiger partial charge in [0.05, 0.1) is 25.4 Å². The first kappa shape index (κ1) is 14.7. The van der Waals surface area contributed by atoms with Crippen LogP contribution in [0.15, 0.2) is 0 Å². The first-order chi connectivity index (χ1) is 9.72. The van der Waals surface area contributed by atoms with Crippen molar-refractivity contribution in [3.63, 3.8) is 0 Å². The molecule has 1 saturated carbocycles. The van der Waals surface area contributed by atoms with Gasteiger partial charge in [0.1, 0.15) is 0 Å². The summed E-state index contributed by atoms with van der Waals surface area (Å²) in [5.74, 6) is -0.437. The van der Waals surface area contributed by atoms with Gasteiger partial charge in [-0.25, -0.2) is 0 Å². The van der Waals surface area contributed by atoms with Gasteiger partial charge in [0.15, 0.2) is 5.79 Å². The summed E-state index contributed by atoms with van der Waals surface area (Å²) in [6, 6.07) is 0.121. The Morgan fingerprint density at radius 1 is 1.20 bits per heavy atom. The summed E-state index contributed by atoms with van der Waals surface area (Å²) >= 11 is 0. The van der Waals surface area contributed by atoms with Crippen LogP contribution in [0.3, 0.4) is 0 Å². The van der Waals surface area contributed by atoms with E-state index in [9.17, 15) is 5.11 Å². The summed E-state index contributed by atoms with van der Waals surface area (Å²) < 4.78 is 17.4. The minimum absolute atomic E-state index is 0.121. The highest BCUT2D eigenvalue weighted by Crippen LogP contribution is 2.38. The highest BCUT2D eigenvalue weighted by molar-refractivity contribution is 4.93. The van der Waals surface area contributed by atoms with Crippen LogP contribution >= 0.6 is 0 Å². The Bertz CT molecular complexity index is 313. The molecule has 3 fully saturated rings. The average Bonchev–Trinajstić information content (AvgIpc) is 3.12. The second-order valence-corrected chi connectivity index (χ2v) is 6.21. The van der Waals surface area contributed by atoms with Crippen molar-refractivity contribution in [1.82, 2.24) is 4.90 Å². The van der Waals surface area contributed by atoms with Crippen LogP contribution in [-0.2, 0) is 14.2 Å². The molecule has 116 valence electrons. The monoisotopic (exact) mass is 285 g/mol. The second-order valence-electron chi connectivity index (χ2n) is 6.21. The minimum atomic E-state index is -0.437. The third kappa shape index (κ3) is 3.02. The van der Waals surface area contributed by atoms with E-state index >= 15 is 0 Å². The van der Waals surface area contributed by atoms with Crippen molar-refractivity contribution in [3.05, 3.63) is 0 Å². The number of hydrogen-bond acceptors (Lipinski definition) is 5. The zero-order valence-corrected chi connectivity index (χ0v) is 12.4. The predicted octanol–water partition coefficient (Wildman–Crippen LogP) is 1.14. The van der Waals surface area contributed by atoms with Crippen LogP contribution in [0, 0.1) is 0 Å². The normalized spacial score (nSPS) is 37.0. The first-order valence-corrected chi connectivity index (χ1v) is 8.04. The number of nitrogens with zero attached hydrogens (tertiary/aromatic N) is 1. The zero-order valence-electron chi connectivity index (χ0n) is 12.4. The second kappa shape index (κ2) is 6.28. The standard InChI is InChI=1S/C15H27NO4/c1-2-16(11-12-4-3-7-18-12)13-10-15(6-5-14(13)17)19-8-9-20-15/h12-14,17H,2-11H2,1H3. The van der Waals surface area contributed by atoms with E-state index in [1.807, 2.05) is 0 Å². The van der Waals surface area contributed by atoms with Crippen LogP contribution in [0.5, 0.6) is 0 Å². The third-order valence-corrected chi connectivity index (χ3v) is 4.94. The summed E-state index contributed by atoms with van der Waals surface area (Å²) in [4.78, 5) is 2.35. The Labute approximate surface area is 121 Å².